The van der Waals surface area contributed by atoms with Crippen LogP contribution >= 0.6 is 0 Å². The minimum Gasteiger partial charge on any atom is -0.349 e. The van der Waals surface area contributed by atoms with Crippen LogP contribution in [0.15, 0.2) is 29.1 Å². The van der Waals surface area contributed by atoms with Crippen molar-refractivity contribution in [2.24, 2.45) is 7.05 Å². The van der Waals surface area contributed by atoms with Gasteiger partial charge < -0.3 is 10.6 Å². The van der Waals surface area contributed by atoms with E-state index >= 15 is 0 Å². The first-order valence-corrected chi connectivity index (χ1v) is 9.86. The lowest BCUT2D eigenvalue weighted by atomic mass is 9.90. The summed E-state index contributed by atoms with van der Waals surface area (Å²) >= 11 is 0. The lowest BCUT2D eigenvalue weighted by Crippen LogP contribution is -2.35. The van der Waals surface area contributed by atoms with E-state index in [0.29, 0.717) is 24.4 Å². The molecule has 2 aromatic rings. The number of benzene rings is 1. The molecular weight excluding hydrogens is 342 g/mol. The molecule has 0 radical (unpaired) electrons. The molecule has 27 heavy (non-hydrogen) atoms. The quantitative estimate of drug-likeness (QED) is 0.851. The molecule has 2 N–H and O–H groups in total. The van der Waals surface area contributed by atoms with Gasteiger partial charge in [0.15, 0.2) is 0 Å². The Morgan fingerprint density at radius 1 is 1.15 bits per heavy atom. The summed E-state index contributed by atoms with van der Waals surface area (Å²) in [6, 6.07) is 8.12. The van der Waals surface area contributed by atoms with Crippen molar-refractivity contribution >= 4 is 5.91 Å². The van der Waals surface area contributed by atoms with Crippen molar-refractivity contribution in [3.05, 3.63) is 51.7 Å². The van der Waals surface area contributed by atoms with Crippen LogP contribution in [0.1, 0.15) is 53.3 Å². The van der Waals surface area contributed by atoms with E-state index in [1.807, 2.05) is 12.1 Å². The fourth-order valence-electron chi connectivity index (χ4n) is 4.17. The molecular formula is C20H27N5O2. The smallest absolute Gasteiger partial charge is 0.345 e. The maximum atomic E-state index is 12.6. The summed E-state index contributed by atoms with van der Waals surface area (Å²) < 4.78 is 3.11. The molecule has 7 nitrogen and oxygen atoms in total. The molecule has 2 aliphatic heterocycles. The number of carbonyl (C=O) groups is 1. The zero-order valence-electron chi connectivity index (χ0n) is 15.8. The molecule has 3 heterocycles. The van der Waals surface area contributed by atoms with Gasteiger partial charge in [-0.1, -0.05) is 12.1 Å². The normalized spacial score (nSPS) is 20.7. The Hall–Kier alpha value is -2.41. The van der Waals surface area contributed by atoms with Gasteiger partial charge in [-0.25, -0.2) is 9.48 Å². The number of amides is 1. The summed E-state index contributed by atoms with van der Waals surface area (Å²) in [4.78, 5) is 24.7. The SMILES string of the molecule is Cn1nc2n(c1=O)CCC(NC(=O)c1ccc(C3CCNCC3)cc1)CC2. The van der Waals surface area contributed by atoms with Crippen molar-refractivity contribution in [2.45, 2.75) is 50.6 Å². The molecule has 0 spiro atoms. The molecule has 0 saturated carbocycles. The number of nitrogens with zero attached hydrogens (tertiary/aromatic N) is 3. The van der Waals surface area contributed by atoms with Crippen LogP contribution in [0.3, 0.4) is 0 Å². The van der Waals surface area contributed by atoms with Crippen LogP contribution < -0.4 is 16.3 Å². The monoisotopic (exact) mass is 369 g/mol. The highest BCUT2D eigenvalue weighted by Crippen LogP contribution is 2.25. The average molecular weight is 369 g/mol. The van der Waals surface area contributed by atoms with Gasteiger partial charge in [-0.2, -0.15) is 5.10 Å². The van der Waals surface area contributed by atoms with Gasteiger partial charge in [-0.05, 0) is 62.4 Å². The molecule has 1 atom stereocenters. The minimum absolute atomic E-state index is 0.0377. The topological polar surface area (TPSA) is 81.0 Å². The fourth-order valence-corrected chi connectivity index (χ4v) is 4.17. The van der Waals surface area contributed by atoms with Gasteiger partial charge >= 0.3 is 5.69 Å². The first kappa shape index (κ1) is 18.0. The Morgan fingerprint density at radius 2 is 1.89 bits per heavy atom. The Kier molecular flexibility index (Phi) is 5.11. The highest BCUT2D eigenvalue weighted by molar-refractivity contribution is 5.94. The summed E-state index contributed by atoms with van der Waals surface area (Å²) in [6.07, 6.45) is 4.56. The third-order valence-electron chi connectivity index (χ3n) is 5.82. The van der Waals surface area contributed by atoms with Gasteiger partial charge in [0, 0.05) is 31.6 Å². The van der Waals surface area contributed by atoms with Gasteiger partial charge in [0.25, 0.3) is 5.91 Å². The van der Waals surface area contributed by atoms with Crippen molar-refractivity contribution < 1.29 is 4.79 Å². The van der Waals surface area contributed by atoms with Crippen molar-refractivity contribution in [2.75, 3.05) is 13.1 Å². The van der Waals surface area contributed by atoms with Crippen LogP contribution in [0, 0.1) is 0 Å². The van der Waals surface area contributed by atoms with Crippen molar-refractivity contribution in [3.63, 3.8) is 0 Å². The second-order valence-electron chi connectivity index (χ2n) is 7.62. The Bertz CT molecular complexity index is 861. The Balaban J connectivity index is 1.37. The number of hydrogen-bond donors (Lipinski definition) is 2. The molecule has 7 heteroatoms. The van der Waals surface area contributed by atoms with Gasteiger partial charge in [-0.15, -0.1) is 0 Å². The fraction of sp³-hybridized carbons (Fsp3) is 0.550. The number of carbonyl (C=O) groups excluding carboxylic acids is 1. The molecule has 1 aromatic heterocycles. The number of rotatable bonds is 3. The van der Waals surface area contributed by atoms with Crippen LogP contribution in [0.4, 0.5) is 0 Å². The van der Waals surface area contributed by atoms with E-state index in [1.165, 1.54) is 10.2 Å². The highest BCUT2D eigenvalue weighted by Gasteiger charge is 2.22. The molecule has 1 unspecified atom stereocenters. The van der Waals surface area contributed by atoms with Gasteiger partial charge in [0.2, 0.25) is 0 Å². The molecule has 0 bridgehead atoms. The van der Waals surface area contributed by atoms with Crippen molar-refractivity contribution in [1.82, 2.24) is 25.0 Å². The van der Waals surface area contributed by atoms with Crippen molar-refractivity contribution in [1.29, 1.82) is 0 Å². The number of nitrogens with one attached hydrogen (secondary N) is 2. The largest absolute Gasteiger partial charge is 0.349 e. The third kappa shape index (κ3) is 3.83. The van der Waals surface area contributed by atoms with Crippen LogP contribution in [-0.2, 0) is 20.0 Å². The first-order valence-electron chi connectivity index (χ1n) is 9.86. The predicted octanol–water partition coefficient (Wildman–Crippen LogP) is 1.18. The number of fused-ring (bicyclic) bond motifs is 1. The standard InChI is InChI=1S/C20H27N5O2/c1-24-20(27)25-13-10-17(6-7-18(25)23-24)22-19(26)16-4-2-14(3-5-16)15-8-11-21-12-9-15/h2-5,15,17,21H,6-13H2,1H3,(H,22,26). The molecule has 1 amide bonds. The van der Waals surface area contributed by atoms with Crippen LogP contribution in [-0.4, -0.2) is 39.4 Å². The maximum Gasteiger partial charge on any atom is 0.345 e. The summed E-state index contributed by atoms with van der Waals surface area (Å²) in [5.41, 5.74) is 1.94. The minimum atomic E-state index is -0.0783. The van der Waals surface area contributed by atoms with Gasteiger partial charge in [0.1, 0.15) is 5.82 Å². The van der Waals surface area contributed by atoms with Gasteiger partial charge in [-0.3, -0.25) is 9.36 Å². The number of aromatic nitrogens is 3. The van der Waals surface area contributed by atoms with Crippen LogP contribution in [0.2, 0.25) is 0 Å². The van der Waals surface area contributed by atoms with E-state index in [-0.39, 0.29) is 17.6 Å². The zero-order valence-corrected chi connectivity index (χ0v) is 15.8. The molecule has 144 valence electrons. The molecule has 0 aliphatic carbocycles. The molecule has 4 rings (SSSR count). The summed E-state index contributed by atoms with van der Waals surface area (Å²) in [6.45, 7) is 2.73. The number of piperidine rings is 1. The highest BCUT2D eigenvalue weighted by atomic mass is 16.2. The maximum absolute atomic E-state index is 12.6. The van der Waals surface area contributed by atoms with Crippen molar-refractivity contribution in [3.8, 4) is 0 Å². The van der Waals surface area contributed by atoms with E-state index in [2.05, 4.69) is 27.9 Å². The zero-order chi connectivity index (χ0) is 18.8. The second kappa shape index (κ2) is 7.68. The Labute approximate surface area is 158 Å². The summed E-state index contributed by atoms with van der Waals surface area (Å²) in [5.74, 6) is 1.37. The lowest BCUT2D eigenvalue weighted by Gasteiger charge is -2.23. The first-order chi connectivity index (χ1) is 13.1. The third-order valence-corrected chi connectivity index (χ3v) is 5.82. The van der Waals surface area contributed by atoms with E-state index in [4.69, 9.17) is 0 Å². The lowest BCUT2D eigenvalue weighted by molar-refractivity contribution is 0.0933. The molecule has 1 fully saturated rings. The van der Waals surface area contributed by atoms with Crippen LogP contribution in [0.25, 0.3) is 0 Å². The van der Waals surface area contributed by atoms with E-state index in [1.54, 1.807) is 11.6 Å². The van der Waals surface area contributed by atoms with Crippen LogP contribution in [0.5, 0.6) is 0 Å². The van der Waals surface area contributed by atoms with E-state index in [0.717, 1.165) is 44.6 Å². The number of hydrogen-bond acceptors (Lipinski definition) is 4. The molecule has 2 aliphatic rings. The summed E-state index contributed by atoms with van der Waals surface area (Å²) in [5, 5.41) is 10.8. The molecule has 1 saturated heterocycles. The van der Waals surface area contributed by atoms with Gasteiger partial charge in [0.05, 0.1) is 0 Å². The predicted molar refractivity (Wildman–Crippen MR) is 103 cm³/mol. The average Bonchev–Trinajstić information content (AvgIpc) is 2.85. The summed E-state index contributed by atoms with van der Waals surface area (Å²) in [7, 11) is 1.68. The Morgan fingerprint density at radius 3 is 2.63 bits per heavy atom. The molecule has 1 aromatic carbocycles. The van der Waals surface area contributed by atoms with E-state index < -0.39 is 0 Å². The number of aryl methyl sites for hydroxylation is 2. The second-order valence-corrected chi connectivity index (χ2v) is 7.62. The van der Waals surface area contributed by atoms with E-state index in [9.17, 15) is 9.59 Å².